The Bertz CT molecular complexity index is 102. The number of rotatable bonds is 4. The molecule has 0 fully saturated rings. The van der Waals surface area contributed by atoms with Crippen LogP contribution < -0.4 is 0 Å². The second-order valence-electron chi connectivity index (χ2n) is 1.61. The van der Waals surface area contributed by atoms with Gasteiger partial charge in [0.2, 0.25) is 0 Å². The van der Waals surface area contributed by atoms with Crippen LogP contribution in [0.25, 0.3) is 0 Å². The van der Waals surface area contributed by atoms with Gasteiger partial charge in [0.25, 0.3) is 0 Å². The van der Waals surface area contributed by atoms with E-state index in [-0.39, 0.29) is 6.42 Å². The van der Waals surface area contributed by atoms with Crippen LogP contribution in [0.5, 0.6) is 0 Å². The molecule has 0 aliphatic heterocycles. The van der Waals surface area contributed by atoms with Crippen LogP contribution in [-0.2, 0) is 0 Å². The van der Waals surface area contributed by atoms with Crippen molar-refractivity contribution in [3.8, 4) is 0 Å². The van der Waals surface area contributed by atoms with Crippen molar-refractivity contribution in [2.24, 2.45) is 5.18 Å². The third kappa shape index (κ3) is 2.94. The lowest BCUT2D eigenvalue weighted by atomic mass is 10.2. The molecule has 0 bridgehead atoms. The standard InChI is InChI=1S/C5H9NO3/c1-2-3-4(6-9)5(7)8/h2,4-5,7-8H,1,3H2. The van der Waals surface area contributed by atoms with E-state index in [0.717, 1.165) is 0 Å². The van der Waals surface area contributed by atoms with Crippen molar-refractivity contribution in [2.45, 2.75) is 18.8 Å². The summed E-state index contributed by atoms with van der Waals surface area (Å²) in [4.78, 5) is 9.72. The van der Waals surface area contributed by atoms with E-state index in [2.05, 4.69) is 11.8 Å². The second kappa shape index (κ2) is 4.17. The van der Waals surface area contributed by atoms with Crippen LogP contribution in [0.4, 0.5) is 0 Å². The van der Waals surface area contributed by atoms with E-state index in [9.17, 15) is 4.91 Å². The van der Waals surface area contributed by atoms with E-state index >= 15 is 0 Å². The highest BCUT2D eigenvalue weighted by Gasteiger charge is 2.13. The Morgan fingerprint density at radius 2 is 2.22 bits per heavy atom. The quantitative estimate of drug-likeness (QED) is 0.320. The first-order valence-corrected chi connectivity index (χ1v) is 2.52. The Kier molecular flexibility index (Phi) is 3.83. The molecule has 0 saturated heterocycles. The molecule has 2 N–H and O–H groups in total. The molecular weight excluding hydrogens is 122 g/mol. The number of aliphatic hydroxyl groups excluding tert-OH is 1. The average Bonchev–Trinajstić information content (AvgIpc) is 1.82. The predicted octanol–water partition coefficient (Wildman–Crippen LogP) is 0.00820. The van der Waals surface area contributed by atoms with Gasteiger partial charge in [-0.2, -0.15) is 4.91 Å². The van der Waals surface area contributed by atoms with Crippen LogP contribution in [0.3, 0.4) is 0 Å². The molecule has 0 spiro atoms. The topological polar surface area (TPSA) is 69.9 Å². The van der Waals surface area contributed by atoms with Gasteiger partial charge in [-0.05, 0) is 6.42 Å². The van der Waals surface area contributed by atoms with Gasteiger partial charge in [0, 0.05) is 0 Å². The minimum atomic E-state index is -1.67. The number of hydrogen-bond donors (Lipinski definition) is 2. The minimum Gasteiger partial charge on any atom is -0.366 e. The number of hydrogen-bond acceptors (Lipinski definition) is 4. The van der Waals surface area contributed by atoms with Crippen LogP contribution in [0, 0.1) is 4.91 Å². The lowest BCUT2D eigenvalue weighted by molar-refractivity contribution is -0.0568. The van der Waals surface area contributed by atoms with Crippen LogP contribution in [0.1, 0.15) is 6.42 Å². The maximum atomic E-state index is 9.72. The Labute approximate surface area is 52.8 Å². The summed E-state index contributed by atoms with van der Waals surface area (Å²) in [6.07, 6.45) is -0.0624. The van der Waals surface area contributed by atoms with Crippen LogP contribution >= 0.6 is 0 Å². The number of nitroso groups, excluding NO2 is 1. The van der Waals surface area contributed by atoms with E-state index in [1.807, 2.05) is 0 Å². The first kappa shape index (κ1) is 8.26. The Morgan fingerprint density at radius 3 is 2.33 bits per heavy atom. The summed E-state index contributed by atoms with van der Waals surface area (Å²) in [5, 5.41) is 19.2. The van der Waals surface area contributed by atoms with Crippen LogP contribution in [0.2, 0.25) is 0 Å². The zero-order valence-electron chi connectivity index (χ0n) is 4.90. The van der Waals surface area contributed by atoms with Gasteiger partial charge in [-0.15, -0.1) is 6.58 Å². The molecule has 0 aliphatic rings. The lowest BCUT2D eigenvalue weighted by Gasteiger charge is -2.06. The zero-order valence-corrected chi connectivity index (χ0v) is 4.90. The van der Waals surface area contributed by atoms with Gasteiger partial charge in [0.1, 0.15) is 6.04 Å². The highest BCUT2D eigenvalue weighted by atomic mass is 16.5. The average molecular weight is 131 g/mol. The van der Waals surface area contributed by atoms with Crippen molar-refractivity contribution < 1.29 is 10.2 Å². The van der Waals surface area contributed by atoms with Gasteiger partial charge >= 0.3 is 0 Å². The molecule has 4 nitrogen and oxygen atoms in total. The first-order valence-electron chi connectivity index (χ1n) is 2.52. The van der Waals surface area contributed by atoms with Gasteiger partial charge in [-0.1, -0.05) is 11.3 Å². The summed E-state index contributed by atoms with van der Waals surface area (Å²) in [5.74, 6) is 0. The van der Waals surface area contributed by atoms with Gasteiger partial charge in [-0.25, -0.2) is 0 Å². The Balaban J connectivity index is 3.66. The number of aliphatic hydroxyl groups is 2. The molecule has 1 unspecified atom stereocenters. The summed E-state index contributed by atoms with van der Waals surface area (Å²) in [6, 6.07) is -0.970. The molecule has 0 saturated carbocycles. The van der Waals surface area contributed by atoms with E-state index in [0.29, 0.717) is 0 Å². The summed E-state index contributed by atoms with van der Waals surface area (Å²) >= 11 is 0. The summed E-state index contributed by atoms with van der Waals surface area (Å²) in [5.41, 5.74) is 0. The normalized spacial score (nSPS) is 13.2. The third-order valence-electron chi connectivity index (χ3n) is 0.888. The molecular formula is C5H9NO3. The van der Waals surface area contributed by atoms with Crippen LogP contribution in [0.15, 0.2) is 17.8 Å². The van der Waals surface area contributed by atoms with Crippen molar-refractivity contribution in [2.75, 3.05) is 0 Å². The summed E-state index contributed by atoms with van der Waals surface area (Å²) < 4.78 is 0. The van der Waals surface area contributed by atoms with Crippen molar-refractivity contribution >= 4 is 0 Å². The highest BCUT2D eigenvalue weighted by Crippen LogP contribution is 2.01. The molecule has 0 aromatic heterocycles. The molecule has 0 aliphatic carbocycles. The summed E-state index contributed by atoms with van der Waals surface area (Å²) in [7, 11) is 0. The van der Waals surface area contributed by atoms with Crippen molar-refractivity contribution in [3.63, 3.8) is 0 Å². The maximum absolute atomic E-state index is 9.72. The first-order chi connectivity index (χ1) is 4.22. The molecule has 4 heteroatoms. The lowest BCUT2D eigenvalue weighted by Crippen LogP contribution is -2.22. The molecule has 0 rings (SSSR count). The third-order valence-corrected chi connectivity index (χ3v) is 0.888. The van der Waals surface area contributed by atoms with Gasteiger partial charge < -0.3 is 10.2 Å². The highest BCUT2D eigenvalue weighted by molar-refractivity contribution is 4.78. The van der Waals surface area contributed by atoms with Crippen molar-refractivity contribution in [3.05, 3.63) is 17.6 Å². The Morgan fingerprint density at radius 1 is 1.67 bits per heavy atom. The molecule has 9 heavy (non-hydrogen) atoms. The Hall–Kier alpha value is -0.740. The zero-order chi connectivity index (χ0) is 7.28. The molecule has 0 radical (unpaired) electrons. The largest absolute Gasteiger partial charge is 0.366 e. The maximum Gasteiger partial charge on any atom is 0.178 e. The molecule has 52 valence electrons. The van der Waals surface area contributed by atoms with Crippen molar-refractivity contribution in [1.29, 1.82) is 0 Å². The van der Waals surface area contributed by atoms with Gasteiger partial charge in [0.05, 0.1) is 0 Å². The molecule has 0 aromatic carbocycles. The van der Waals surface area contributed by atoms with E-state index < -0.39 is 12.3 Å². The molecule has 0 aromatic rings. The monoisotopic (exact) mass is 131 g/mol. The minimum absolute atomic E-state index is 0.196. The fourth-order valence-corrected chi connectivity index (χ4v) is 0.390. The van der Waals surface area contributed by atoms with E-state index in [1.54, 1.807) is 0 Å². The van der Waals surface area contributed by atoms with E-state index in [1.165, 1.54) is 6.08 Å². The molecule has 0 amide bonds. The number of nitrogens with zero attached hydrogens (tertiary/aromatic N) is 1. The SMILES string of the molecule is C=CCC(N=O)C(O)O. The predicted molar refractivity (Wildman–Crippen MR) is 32.6 cm³/mol. The fourth-order valence-electron chi connectivity index (χ4n) is 0.390. The van der Waals surface area contributed by atoms with Crippen LogP contribution in [-0.4, -0.2) is 22.5 Å². The second-order valence-corrected chi connectivity index (χ2v) is 1.61. The van der Waals surface area contributed by atoms with E-state index in [4.69, 9.17) is 10.2 Å². The smallest absolute Gasteiger partial charge is 0.178 e. The summed E-state index contributed by atoms with van der Waals surface area (Å²) in [6.45, 7) is 3.31. The van der Waals surface area contributed by atoms with Gasteiger partial charge in [-0.3, -0.25) is 0 Å². The fraction of sp³-hybridized carbons (Fsp3) is 0.600. The van der Waals surface area contributed by atoms with Gasteiger partial charge in [0.15, 0.2) is 6.29 Å². The molecule has 1 atom stereocenters. The van der Waals surface area contributed by atoms with Crippen molar-refractivity contribution in [1.82, 2.24) is 0 Å². The molecule has 0 heterocycles.